The van der Waals surface area contributed by atoms with E-state index in [1.54, 1.807) is 5.54 Å². The third-order valence-corrected chi connectivity index (χ3v) is 3.42. The number of halogens is 2. The topological polar surface area (TPSA) is 3.24 Å². The molecular formula is C11H19Cl2N. The monoisotopic (exact) mass is 235 g/mol. The summed E-state index contributed by atoms with van der Waals surface area (Å²) in [6, 6.07) is 0.674. The van der Waals surface area contributed by atoms with Crippen molar-refractivity contribution >= 4 is 23.2 Å². The zero-order chi connectivity index (χ0) is 10.4. The second-order valence-electron chi connectivity index (χ2n) is 4.05. The smallest absolute Gasteiger partial charge is 0.0238 e. The number of piperidine rings is 1. The number of alkyl halides is 1. The van der Waals surface area contributed by atoms with Crippen LogP contribution in [0.4, 0.5) is 0 Å². The molecule has 1 unspecified atom stereocenters. The van der Waals surface area contributed by atoms with Crippen LogP contribution in [0, 0.1) is 0 Å². The summed E-state index contributed by atoms with van der Waals surface area (Å²) in [5.74, 6) is 0.769. The Kier molecular flexibility index (Phi) is 5.92. The first-order valence-electron chi connectivity index (χ1n) is 5.33. The van der Waals surface area contributed by atoms with Gasteiger partial charge >= 0.3 is 0 Å². The first kappa shape index (κ1) is 12.4. The molecular weight excluding hydrogens is 217 g/mol. The van der Waals surface area contributed by atoms with E-state index in [9.17, 15) is 0 Å². The van der Waals surface area contributed by atoms with Crippen molar-refractivity contribution in [2.45, 2.75) is 38.6 Å². The van der Waals surface area contributed by atoms with Gasteiger partial charge in [0.25, 0.3) is 0 Å². The van der Waals surface area contributed by atoms with E-state index in [1.807, 2.05) is 0 Å². The highest BCUT2D eigenvalue weighted by Gasteiger charge is 2.21. The number of nitrogens with zero attached hydrogens (tertiary/aromatic N) is 1. The van der Waals surface area contributed by atoms with Gasteiger partial charge in [0.2, 0.25) is 0 Å². The van der Waals surface area contributed by atoms with Crippen molar-refractivity contribution < 1.29 is 0 Å². The van der Waals surface area contributed by atoms with Gasteiger partial charge in [-0.05, 0) is 38.3 Å². The van der Waals surface area contributed by atoms with Gasteiger partial charge in [-0.25, -0.2) is 0 Å². The fraction of sp³-hybridized carbons (Fsp3) is 0.818. The minimum atomic E-state index is 0.674. The summed E-state index contributed by atoms with van der Waals surface area (Å²) in [5.41, 5.74) is 2.93. The lowest BCUT2D eigenvalue weighted by molar-refractivity contribution is 0.158. The highest BCUT2D eigenvalue weighted by molar-refractivity contribution is 6.25. The van der Waals surface area contributed by atoms with E-state index >= 15 is 0 Å². The number of hydrogen-bond donors (Lipinski definition) is 0. The molecule has 1 heterocycles. The summed E-state index contributed by atoms with van der Waals surface area (Å²) in [6.45, 7) is 4.29. The van der Waals surface area contributed by atoms with E-state index in [2.05, 4.69) is 11.8 Å². The first-order valence-corrected chi connectivity index (χ1v) is 6.31. The largest absolute Gasteiger partial charge is 0.296 e. The molecule has 0 saturated carbocycles. The highest BCUT2D eigenvalue weighted by Crippen LogP contribution is 2.21. The van der Waals surface area contributed by atoms with Crippen LogP contribution in [0.15, 0.2) is 11.1 Å². The average molecular weight is 236 g/mol. The first-order chi connectivity index (χ1) is 6.77. The van der Waals surface area contributed by atoms with Gasteiger partial charge in [0.1, 0.15) is 0 Å². The summed E-state index contributed by atoms with van der Waals surface area (Å²) < 4.78 is 0. The summed E-state index contributed by atoms with van der Waals surface area (Å²) >= 11 is 11.5. The molecule has 0 bridgehead atoms. The summed E-state index contributed by atoms with van der Waals surface area (Å²) in [5, 5.41) is 0. The number of hydrogen-bond acceptors (Lipinski definition) is 1. The third-order valence-electron chi connectivity index (χ3n) is 2.83. The Morgan fingerprint density at radius 1 is 1.50 bits per heavy atom. The van der Waals surface area contributed by atoms with Crippen molar-refractivity contribution in [2.75, 3.05) is 19.0 Å². The van der Waals surface area contributed by atoms with Crippen molar-refractivity contribution in [3.63, 3.8) is 0 Å². The van der Waals surface area contributed by atoms with Gasteiger partial charge in [-0.3, -0.25) is 4.90 Å². The molecule has 0 amide bonds. The maximum Gasteiger partial charge on any atom is 0.0238 e. The van der Waals surface area contributed by atoms with Gasteiger partial charge in [-0.1, -0.05) is 18.0 Å². The Labute approximate surface area is 97.1 Å². The lowest BCUT2D eigenvalue weighted by Crippen LogP contribution is -2.40. The van der Waals surface area contributed by atoms with E-state index < -0.39 is 0 Å². The van der Waals surface area contributed by atoms with Crippen LogP contribution in [0.5, 0.6) is 0 Å². The van der Waals surface area contributed by atoms with Crippen LogP contribution in [0.2, 0.25) is 0 Å². The van der Waals surface area contributed by atoms with Crippen molar-refractivity contribution in [2.24, 2.45) is 0 Å². The normalized spacial score (nSPS) is 25.4. The van der Waals surface area contributed by atoms with Crippen LogP contribution in [0.3, 0.4) is 0 Å². The molecule has 82 valence electrons. The Hall–Kier alpha value is 0.280. The molecule has 14 heavy (non-hydrogen) atoms. The highest BCUT2D eigenvalue weighted by atomic mass is 35.5. The number of likely N-dealkylation sites (tertiary alicyclic amines) is 1. The zero-order valence-electron chi connectivity index (χ0n) is 8.81. The molecule has 1 aliphatic rings. The Morgan fingerprint density at radius 2 is 2.29 bits per heavy atom. The van der Waals surface area contributed by atoms with E-state index in [0.29, 0.717) is 6.04 Å². The third kappa shape index (κ3) is 3.80. The molecule has 1 aliphatic heterocycles. The molecule has 0 spiro atoms. The standard InChI is InChI=1S/C11H19Cl2N/c1-10(8-13)9-14-7-3-2-4-11(14)5-6-12/h8,11H,2-7,9H2,1H3. The van der Waals surface area contributed by atoms with Crippen molar-refractivity contribution in [3.05, 3.63) is 11.1 Å². The van der Waals surface area contributed by atoms with Crippen molar-refractivity contribution in [1.82, 2.24) is 4.90 Å². The van der Waals surface area contributed by atoms with Crippen molar-refractivity contribution in [3.8, 4) is 0 Å². The lowest BCUT2D eigenvalue weighted by Gasteiger charge is -2.35. The van der Waals surface area contributed by atoms with E-state index in [-0.39, 0.29) is 0 Å². The Morgan fingerprint density at radius 3 is 2.93 bits per heavy atom. The molecule has 0 aromatic rings. The maximum absolute atomic E-state index is 5.80. The summed E-state index contributed by atoms with van der Waals surface area (Å²) in [4.78, 5) is 2.51. The summed E-state index contributed by atoms with van der Waals surface area (Å²) in [6.07, 6.45) is 5.06. The van der Waals surface area contributed by atoms with E-state index in [0.717, 1.165) is 18.8 Å². The van der Waals surface area contributed by atoms with Crippen LogP contribution in [0.25, 0.3) is 0 Å². The molecule has 1 rings (SSSR count). The van der Waals surface area contributed by atoms with Gasteiger partial charge < -0.3 is 0 Å². The van der Waals surface area contributed by atoms with Gasteiger partial charge in [-0.2, -0.15) is 0 Å². The second-order valence-corrected chi connectivity index (χ2v) is 4.65. The van der Waals surface area contributed by atoms with Gasteiger partial charge in [0, 0.05) is 24.0 Å². The Bertz CT molecular complexity index is 190. The van der Waals surface area contributed by atoms with Gasteiger partial charge in [0.15, 0.2) is 0 Å². The molecule has 0 aliphatic carbocycles. The molecule has 1 fully saturated rings. The maximum atomic E-state index is 5.80. The van der Waals surface area contributed by atoms with Crippen LogP contribution >= 0.6 is 23.2 Å². The van der Waals surface area contributed by atoms with Gasteiger partial charge in [-0.15, -0.1) is 11.6 Å². The van der Waals surface area contributed by atoms with Crippen molar-refractivity contribution in [1.29, 1.82) is 0 Å². The number of rotatable bonds is 4. The van der Waals surface area contributed by atoms with E-state index in [4.69, 9.17) is 23.2 Å². The van der Waals surface area contributed by atoms with Crippen LogP contribution in [-0.2, 0) is 0 Å². The molecule has 0 radical (unpaired) electrons. The second kappa shape index (κ2) is 6.71. The van der Waals surface area contributed by atoms with Crippen LogP contribution in [-0.4, -0.2) is 29.9 Å². The quantitative estimate of drug-likeness (QED) is 0.674. The van der Waals surface area contributed by atoms with Crippen LogP contribution < -0.4 is 0 Å². The molecule has 1 atom stereocenters. The molecule has 0 aromatic carbocycles. The Balaban J connectivity index is 2.45. The molecule has 0 aromatic heterocycles. The molecule has 1 nitrogen and oxygen atoms in total. The molecule has 3 heteroatoms. The lowest BCUT2D eigenvalue weighted by atomic mass is 9.99. The SMILES string of the molecule is CC(=CCl)CN1CCCCC1CCCl. The minimum Gasteiger partial charge on any atom is -0.296 e. The molecule has 0 N–H and O–H groups in total. The zero-order valence-corrected chi connectivity index (χ0v) is 10.3. The average Bonchev–Trinajstić information content (AvgIpc) is 2.21. The fourth-order valence-corrected chi connectivity index (χ4v) is 2.40. The molecule has 1 saturated heterocycles. The van der Waals surface area contributed by atoms with Crippen LogP contribution in [0.1, 0.15) is 32.6 Å². The fourth-order valence-electron chi connectivity index (χ4n) is 2.08. The summed E-state index contributed by atoms with van der Waals surface area (Å²) in [7, 11) is 0. The van der Waals surface area contributed by atoms with Gasteiger partial charge in [0.05, 0.1) is 0 Å². The predicted octanol–water partition coefficient (Wildman–Crippen LogP) is 3.61. The predicted molar refractivity (Wildman–Crippen MR) is 64.2 cm³/mol. The minimum absolute atomic E-state index is 0.674. The van der Waals surface area contributed by atoms with E-state index in [1.165, 1.54) is 31.4 Å².